The summed E-state index contributed by atoms with van der Waals surface area (Å²) in [5, 5.41) is 0. The predicted molar refractivity (Wildman–Crippen MR) is 91.5 cm³/mol. The van der Waals surface area contributed by atoms with Gasteiger partial charge >= 0.3 is 0 Å². The van der Waals surface area contributed by atoms with E-state index in [1.165, 1.54) is 31.2 Å². The summed E-state index contributed by atoms with van der Waals surface area (Å²) in [6.07, 6.45) is 5.05. The summed E-state index contributed by atoms with van der Waals surface area (Å²) in [7, 11) is 0. The van der Waals surface area contributed by atoms with Gasteiger partial charge in [-0.15, -0.1) is 0 Å². The Morgan fingerprint density at radius 3 is 2.48 bits per heavy atom. The zero-order valence-electron chi connectivity index (χ0n) is 14.0. The van der Waals surface area contributed by atoms with Crippen LogP contribution in [0.15, 0.2) is 30.3 Å². The second-order valence-corrected chi connectivity index (χ2v) is 6.57. The van der Waals surface area contributed by atoms with E-state index in [1.807, 2.05) is 0 Å². The van der Waals surface area contributed by atoms with E-state index in [9.17, 15) is 0 Å². The molecule has 0 bridgehead atoms. The molecule has 1 aromatic rings. The van der Waals surface area contributed by atoms with Crippen molar-refractivity contribution in [2.45, 2.75) is 64.5 Å². The van der Waals surface area contributed by atoms with E-state index in [4.69, 9.17) is 5.73 Å². The van der Waals surface area contributed by atoms with Crippen LogP contribution >= 0.6 is 0 Å². The van der Waals surface area contributed by atoms with Crippen LogP contribution in [0.1, 0.15) is 57.9 Å². The van der Waals surface area contributed by atoms with Crippen molar-refractivity contribution in [2.75, 3.05) is 13.1 Å². The lowest BCUT2D eigenvalue weighted by atomic mass is 9.74. The maximum atomic E-state index is 6.09. The molecule has 0 radical (unpaired) electrons. The van der Waals surface area contributed by atoms with Gasteiger partial charge in [0.05, 0.1) is 0 Å². The van der Waals surface area contributed by atoms with Crippen molar-refractivity contribution in [1.29, 1.82) is 0 Å². The van der Waals surface area contributed by atoms with Gasteiger partial charge in [-0.25, -0.2) is 0 Å². The molecule has 1 saturated carbocycles. The van der Waals surface area contributed by atoms with Crippen LogP contribution in [0.4, 0.5) is 0 Å². The van der Waals surface area contributed by atoms with Crippen molar-refractivity contribution in [2.24, 2.45) is 11.7 Å². The fraction of sp³-hybridized carbons (Fsp3) is 0.684. The van der Waals surface area contributed by atoms with Crippen LogP contribution in [-0.4, -0.2) is 30.1 Å². The molecule has 0 amide bonds. The van der Waals surface area contributed by atoms with Gasteiger partial charge in [0, 0.05) is 12.1 Å². The van der Waals surface area contributed by atoms with Crippen molar-refractivity contribution < 1.29 is 0 Å². The number of benzene rings is 1. The molecule has 4 atom stereocenters. The maximum Gasteiger partial charge on any atom is 0.0144 e. The van der Waals surface area contributed by atoms with Gasteiger partial charge in [0.1, 0.15) is 0 Å². The third kappa shape index (κ3) is 3.87. The number of hydrogen-bond donors (Lipinski definition) is 1. The Labute approximate surface area is 130 Å². The molecule has 0 heterocycles. The topological polar surface area (TPSA) is 29.3 Å². The standard InChI is InChI=1S/C19H32N2/c1-4-15(3)21(5-2)19-13-17(11-12-18(19)14-20)16-9-7-6-8-10-16/h6-10,15,17-19H,4-5,11-14,20H2,1-3H3. The highest BCUT2D eigenvalue weighted by atomic mass is 15.2. The lowest BCUT2D eigenvalue weighted by Gasteiger charge is -2.45. The van der Waals surface area contributed by atoms with Gasteiger partial charge in [0.2, 0.25) is 0 Å². The van der Waals surface area contributed by atoms with Crippen molar-refractivity contribution in [1.82, 2.24) is 4.90 Å². The minimum absolute atomic E-state index is 0.647. The average molecular weight is 288 g/mol. The van der Waals surface area contributed by atoms with Gasteiger partial charge in [0.25, 0.3) is 0 Å². The highest BCUT2D eigenvalue weighted by Gasteiger charge is 2.34. The van der Waals surface area contributed by atoms with E-state index in [2.05, 4.69) is 56.0 Å². The molecule has 21 heavy (non-hydrogen) atoms. The zero-order valence-corrected chi connectivity index (χ0v) is 14.0. The molecular weight excluding hydrogens is 256 g/mol. The van der Waals surface area contributed by atoms with Crippen LogP contribution in [0, 0.1) is 5.92 Å². The minimum atomic E-state index is 0.647. The number of hydrogen-bond acceptors (Lipinski definition) is 2. The van der Waals surface area contributed by atoms with Crippen LogP contribution in [-0.2, 0) is 0 Å². The summed E-state index contributed by atoms with van der Waals surface area (Å²) in [4.78, 5) is 2.70. The van der Waals surface area contributed by atoms with E-state index in [0.29, 0.717) is 23.9 Å². The summed E-state index contributed by atoms with van der Waals surface area (Å²) >= 11 is 0. The van der Waals surface area contributed by atoms with Gasteiger partial charge in [-0.1, -0.05) is 44.2 Å². The number of rotatable bonds is 6. The molecule has 1 aromatic carbocycles. The fourth-order valence-electron chi connectivity index (χ4n) is 4.03. The van der Waals surface area contributed by atoms with E-state index in [1.54, 1.807) is 0 Å². The van der Waals surface area contributed by atoms with Crippen LogP contribution in [0.25, 0.3) is 0 Å². The van der Waals surface area contributed by atoms with Crippen LogP contribution < -0.4 is 5.73 Å². The molecule has 1 aliphatic carbocycles. The minimum Gasteiger partial charge on any atom is -0.330 e. The quantitative estimate of drug-likeness (QED) is 0.856. The van der Waals surface area contributed by atoms with E-state index >= 15 is 0 Å². The predicted octanol–water partition coefficient (Wildman–Crippen LogP) is 4.02. The Morgan fingerprint density at radius 1 is 1.19 bits per heavy atom. The molecule has 0 aliphatic heterocycles. The highest BCUT2D eigenvalue weighted by molar-refractivity contribution is 5.20. The van der Waals surface area contributed by atoms with Crippen molar-refractivity contribution in [3.05, 3.63) is 35.9 Å². The van der Waals surface area contributed by atoms with Crippen LogP contribution in [0.5, 0.6) is 0 Å². The molecule has 2 rings (SSSR count). The molecule has 1 aliphatic rings. The third-order valence-corrected chi connectivity index (χ3v) is 5.48. The molecule has 2 heteroatoms. The van der Waals surface area contributed by atoms with Crippen molar-refractivity contribution >= 4 is 0 Å². The second-order valence-electron chi connectivity index (χ2n) is 6.57. The van der Waals surface area contributed by atoms with Crippen molar-refractivity contribution in [3.63, 3.8) is 0 Å². The largest absolute Gasteiger partial charge is 0.330 e. The summed E-state index contributed by atoms with van der Waals surface area (Å²) in [6.45, 7) is 8.92. The summed E-state index contributed by atoms with van der Waals surface area (Å²) in [5.74, 6) is 1.37. The maximum absolute atomic E-state index is 6.09. The Hall–Kier alpha value is -0.860. The molecule has 118 valence electrons. The molecule has 2 nitrogen and oxygen atoms in total. The summed E-state index contributed by atoms with van der Waals surface area (Å²) in [5.41, 5.74) is 7.60. The Kier molecular flexibility index (Phi) is 6.25. The smallest absolute Gasteiger partial charge is 0.0144 e. The molecule has 0 spiro atoms. The number of nitrogens with zero attached hydrogens (tertiary/aromatic N) is 1. The van der Waals surface area contributed by atoms with E-state index < -0.39 is 0 Å². The molecule has 1 fully saturated rings. The Balaban J connectivity index is 2.15. The van der Waals surface area contributed by atoms with Crippen LogP contribution in [0.3, 0.4) is 0 Å². The molecule has 2 N–H and O–H groups in total. The lowest BCUT2D eigenvalue weighted by molar-refractivity contribution is 0.0680. The first kappa shape index (κ1) is 16.5. The fourth-order valence-corrected chi connectivity index (χ4v) is 4.03. The van der Waals surface area contributed by atoms with Gasteiger partial charge < -0.3 is 5.73 Å². The van der Waals surface area contributed by atoms with Gasteiger partial charge in [0.15, 0.2) is 0 Å². The first-order chi connectivity index (χ1) is 10.2. The van der Waals surface area contributed by atoms with Gasteiger partial charge in [-0.2, -0.15) is 0 Å². The normalized spacial score (nSPS) is 27.8. The summed E-state index contributed by atoms with van der Waals surface area (Å²) < 4.78 is 0. The second kappa shape index (κ2) is 7.95. The van der Waals surface area contributed by atoms with E-state index in [-0.39, 0.29) is 0 Å². The van der Waals surface area contributed by atoms with Gasteiger partial charge in [-0.05, 0) is 63.1 Å². The average Bonchev–Trinajstić information content (AvgIpc) is 2.56. The molecule has 0 saturated heterocycles. The SMILES string of the molecule is CCC(C)N(CC)C1CC(c2ccccc2)CCC1CN. The Morgan fingerprint density at radius 2 is 1.90 bits per heavy atom. The lowest BCUT2D eigenvalue weighted by Crippen LogP contribution is -2.49. The Bertz CT molecular complexity index is 403. The van der Waals surface area contributed by atoms with Crippen LogP contribution in [0.2, 0.25) is 0 Å². The molecule has 4 unspecified atom stereocenters. The van der Waals surface area contributed by atoms with Crippen molar-refractivity contribution in [3.8, 4) is 0 Å². The highest BCUT2D eigenvalue weighted by Crippen LogP contribution is 2.38. The first-order valence-electron chi connectivity index (χ1n) is 8.71. The third-order valence-electron chi connectivity index (χ3n) is 5.48. The molecular formula is C19H32N2. The number of nitrogens with two attached hydrogens (primary N) is 1. The first-order valence-corrected chi connectivity index (χ1v) is 8.71. The van der Waals surface area contributed by atoms with E-state index in [0.717, 1.165) is 13.1 Å². The monoisotopic (exact) mass is 288 g/mol. The zero-order chi connectivity index (χ0) is 15.2. The molecule has 0 aromatic heterocycles. The summed E-state index contributed by atoms with van der Waals surface area (Å²) in [6, 6.07) is 12.4. The van der Waals surface area contributed by atoms with Gasteiger partial charge in [-0.3, -0.25) is 4.90 Å².